The summed E-state index contributed by atoms with van der Waals surface area (Å²) in [5, 5.41) is 12.9. The summed E-state index contributed by atoms with van der Waals surface area (Å²) in [5.74, 6) is 1.62. The maximum atomic E-state index is 13.2. The van der Waals surface area contributed by atoms with Crippen molar-refractivity contribution in [1.82, 2.24) is 10.2 Å². The van der Waals surface area contributed by atoms with Crippen molar-refractivity contribution in [1.29, 1.82) is 0 Å². The van der Waals surface area contributed by atoms with E-state index in [2.05, 4.69) is 5.32 Å². The number of hydrogen-bond donors (Lipinski definition) is 2. The number of aliphatic hydroxyl groups excluding tert-OH is 1. The number of carbonyl (C=O) groups is 2. The highest BCUT2D eigenvalue weighted by atomic mass is 16.5. The summed E-state index contributed by atoms with van der Waals surface area (Å²) in [6.45, 7) is 1.28. The van der Waals surface area contributed by atoms with E-state index in [0.29, 0.717) is 49.4 Å². The predicted octanol–water partition coefficient (Wildman–Crippen LogP) is 1.93. The zero-order valence-corrected chi connectivity index (χ0v) is 16.7. The van der Waals surface area contributed by atoms with Crippen LogP contribution in [0.4, 0.5) is 0 Å². The van der Waals surface area contributed by atoms with Crippen molar-refractivity contribution in [2.45, 2.75) is 50.4 Å². The highest BCUT2D eigenvalue weighted by Gasteiger charge is 2.57. The Morgan fingerprint density at radius 3 is 2.76 bits per heavy atom. The molecule has 1 saturated heterocycles. The smallest absolute Gasteiger partial charge is 0.258 e. The number of rotatable bonds is 2. The van der Waals surface area contributed by atoms with E-state index in [1.807, 2.05) is 4.90 Å². The second-order valence-corrected chi connectivity index (χ2v) is 8.94. The Bertz CT molecular complexity index is 834. The number of likely N-dealkylation sites (tertiary alicyclic amines) is 1. The van der Waals surface area contributed by atoms with Gasteiger partial charge in [0.25, 0.3) is 5.91 Å². The molecule has 6 rings (SSSR count). The standard InChI is InChI=1S/C22H28N2O5/c1-28-16-4-5-17-19(11-16)29-22(23-20(17)26)12-13-2-3-14(22)10-18(13)21(27)24-8-6-15(25)7-9-24/h4-5,11,13-15,18,25H,2-3,6-10,12H2,1H3,(H,23,26)/t13-,14+,18-,22+/m1/s1. The van der Waals surface area contributed by atoms with Crippen molar-refractivity contribution >= 4 is 11.8 Å². The lowest BCUT2D eigenvalue weighted by Gasteiger charge is -2.55. The fourth-order valence-corrected chi connectivity index (χ4v) is 5.74. The van der Waals surface area contributed by atoms with Crippen LogP contribution >= 0.6 is 0 Å². The molecule has 3 aliphatic carbocycles. The van der Waals surface area contributed by atoms with E-state index in [9.17, 15) is 14.7 Å². The maximum Gasteiger partial charge on any atom is 0.258 e. The molecule has 1 aromatic carbocycles. The summed E-state index contributed by atoms with van der Waals surface area (Å²) in [6, 6.07) is 5.27. The van der Waals surface area contributed by atoms with Gasteiger partial charge in [-0.2, -0.15) is 0 Å². The summed E-state index contributed by atoms with van der Waals surface area (Å²) in [6.07, 6.45) is 4.38. The second kappa shape index (κ2) is 6.90. The minimum atomic E-state index is -0.728. The highest BCUT2D eigenvalue weighted by Crippen LogP contribution is 2.53. The van der Waals surface area contributed by atoms with E-state index in [0.717, 1.165) is 19.3 Å². The molecule has 7 nitrogen and oxygen atoms in total. The lowest BCUT2D eigenvalue weighted by molar-refractivity contribution is -0.157. The van der Waals surface area contributed by atoms with Gasteiger partial charge in [-0.1, -0.05) is 0 Å². The fraction of sp³-hybridized carbons (Fsp3) is 0.636. The zero-order chi connectivity index (χ0) is 20.2. The first-order valence-electron chi connectivity index (χ1n) is 10.7. The molecular formula is C22H28N2O5. The van der Waals surface area contributed by atoms with Crippen LogP contribution in [0, 0.1) is 17.8 Å². The Morgan fingerprint density at radius 2 is 2.07 bits per heavy atom. The van der Waals surface area contributed by atoms with Crippen LogP contribution in [0.2, 0.25) is 0 Å². The van der Waals surface area contributed by atoms with E-state index < -0.39 is 5.72 Å². The Kier molecular flexibility index (Phi) is 4.46. The number of piperidine rings is 1. The minimum Gasteiger partial charge on any atom is -0.497 e. The molecule has 3 saturated carbocycles. The minimum absolute atomic E-state index is 0.0122. The van der Waals surface area contributed by atoms with Crippen LogP contribution in [0.1, 0.15) is 48.9 Å². The van der Waals surface area contributed by atoms with Gasteiger partial charge in [-0.25, -0.2) is 0 Å². The van der Waals surface area contributed by atoms with Crippen molar-refractivity contribution in [3.63, 3.8) is 0 Å². The molecule has 29 heavy (non-hydrogen) atoms. The van der Waals surface area contributed by atoms with Crippen LogP contribution in [-0.2, 0) is 4.79 Å². The topological polar surface area (TPSA) is 88.1 Å². The fourth-order valence-electron chi connectivity index (χ4n) is 5.74. The van der Waals surface area contributed by atoms with Gasteiger partial charge in [-0.3, -0.25) is 9.59 Å². The Morgan fingerprint density at radius 1 is 1.28 bits per heavy atom. The van der Waals surface area contributed by atoms with Crippen LogP contribution < -0.4 is 14.8 Å². The second-order valence-electron chi connectivity index (χ2n) is 8.94. The van der Waals surface area contributed by atoms with Gasteiger partial charge in [0, 0.05) is 37.4 Å². The number of fused-ring (bicyclic) bond motifs is 3. The Hall–Kier alpha value is -2.28. The predicted molar refractivity (Wildman–Crippen MR) is 105 cm³/mol. The number of hydrogen-bond acceptors (Lipinski definition) is 5. The van der Waals surface area contributed by atoms with Gasteiger partial charge in [0.2, 0.25) is 5.91 Å². The van der Waals surface area contributed by atoms with Gasteiger partial charge in [0.05, 0.1) is 18.8 Å². The largest absolute Gasteiger partial charge is 0.497 e. The molecule has 2 aliphatic heterocycles. The lowest BCUT2D eigenvalue weighted by atomic mass is 9.59. The molecule has 1 aromatic rings. The van der Waals surface area contributed by atoms with Crippen molar-refractivity contribution in [3.05, 3.63) is 23.8 Å². The Labute approximate surface area is 170 Å². The first-order chi connectivity index (χ1) is 14.0. The maximum absolute atomic E-state index is 13.2. The summed E-state index contributed by atoms with van der Waals surface area (Å²) >= 11 is 0. The molecule has 2 amide bonds. The lowest BCUT2D eigenvalue weighted by Crippen LogP contribution is -2.67. The monoisotopic (exact) mass is 400 g/mol. The molecule has 2 bridgehead atoms. The van der Waals surface area contributed by atoms with Crippen LogP contribution in [0.25, 0.3) is 0 Å². The normalized spacial score (nSPS) is 33.8. The molecule has 0 aromatic heterocycles. The number of benzene rings is 1. The first kappa shape index (κ1) is 18.7. The molecular weight excluding hydrogens is 372 g/mol. The van der Waals surface area contributed by atoms with E-state index in [-0.39, 0.29) is 35.7 Å². The van der Waals surface area contributed by atoms with Gasteiger partial charge < -0.3 is 24.8 Å². The van der Waals surface area contributed by atoms with Crippen LogP contribution in [0.5, 0.6) is 11.5 Å². The van der Waals surface area contributed by atoms with Gasteiger partial charge in [-0.05, 0) is 50.2 Å². The summed E-state index contributed by atoms with van der Waals surface area (Å²) in [7, 11) is 1.60. The van der Waals surface area contributed by atoms with Crippen molar-refractivity contribution in [2.24, 2.45) is 17.8 Å². The molecule has 156 valence electrons. The molecule has 5 aliphatic rings. The number of methoxy groups -OCH3 is 1. The van der Waals surface area contributed by atoms with Crippen molar-refractivity contribution in [3.8, 4) is 11.5 Å². The number of nitrogens with zero attached hydrogens (tertiary/aromatic N) is 1. The van der Waals surface area contributed by atoms with E-state index in [4.69, 9.17) is 9.47 Å². The third-order valence-corrected chi connectivity index (χ3v) is 7.36. The van der Waals surface area contributed by atoms with E-state index in [1.54, 1.807) is 25.3 Å². The third kappa shape index (κ3) is 3.06. The van der Waals surface area contributed by atoms with Gasteiger partial charge in [0.1, 0.15) is 11.5 Å². The van der Waals surface area contributed by atoms with Crippen LogP contribution in [0.15, 0.2) is 18.2 Å². The molecule has 4 fully saturated rings. The molecule has 7 heteroatoms. The molecule has 0 radical (unpaired) electrons. The SMILES string of the molecule is COc1ccc2c(c1)O[C@]1(C[C@H]3CC[C@H]1C[C@H]3C(=O)N1CCC(O)CC1)NC2=O. The quantitative estimate of drug-likeness (QED) is 0.792. The van der Waals surface area contributed by atoms with Gasteiger partial charge in [-0.15, -0.1) is 0 Å². The average Bonchev–Trinajstić information content (AvgIpc) is 2.73. The zero-order valence-electron chi connectivity index (χ0n) is 16.7. The number of aliphatic hydroxyl groups is 1. The molecule has 2 heterocycles. The van der Waals surface area contributed by atoms with E-state index >= 15 is 0 Å². The molecule has 1 spiro atoms. The van der Waals surface area contributed by atoms with Crippen molar-refractivity contribution < 1.29 is 24.2 Å². The van der Waals surface area contributed by atoms with Gasteiger partial charge in [0.15, 0.2) is 5.72 Å². The number of nitrogens with one attached hydrogen (secondary N) is 1. The van der Waals surface area contributed by atoms with Crippen LogP contribution in [-0.4, -0.2) is 53.8 Å². The number of carbonyl (C=O) groups excluding carboxylic acids is 2. The number of amides is 2. The third-order valence-electron chi connectivity index (χ3n) is 7.36. The summed E-state index contributed by atoms with van der Waals surface area (Å²) in [5.41, 5.74) is -0.203. The molecule has 0 unspecified atom stereocenters. The van der Waals surface area contributed by atoms with Crippen molar-refractivity contribution in [2.75, 3.05) is 20.2 Å². The van der Waals surface area contributed by atoms with Crippen LogP contribution in [0.3, 0.4) is 0 Å². The highest BCUT2D eigenvalue weighted by molar-refractivity contribution is 5.98. The Balaban J connectivity index is 1.36. The first-order valence-corrected chi connectivity index (χ1v) is 10.7. The average molecular weight is 400 g/mol. The van der Waals surface area contributed by atoms with Gasteiger partial charge >= 0.3 is 0 Å². The molecule has 2 N–H and O–H groups in total. The molecule has 4 atom stereocenters. The summed E-state index contributed by atoms with van der Waals surface area (Å²) < 4.78 is 11.7. The summed E-state index contributed by atoms with van der Waals surface area (Å²) in [4.78, 5) is 27.9. The van der Waals surface area contributed by atoms with E-state index in [1.165, 1.54) is 0 Å². The number of ether oxygens (including phenoxy) is 2.